The Morgan fingerprint density at radius 1 is 0.625 bits per heavy atom. The maximum atomic E-state index is 14.6. The Labute approximate surface area is 228 Å². The molecule has 8 nitrogen and oxygen atoms in total. The molecule has 2 N–H and O–H groups in total. The van der Waals surface area contributed by atoms with Crippen LogP contribution in [-0.4, -0.2) is 33.9 Å². The molecule has 0 saturated carbocycles. The lowest BCUT2D eigenvalue weighted by molar-refractivity contribution is -0.991. The zero-order valence-corrected chi connectivity index (χ0v) is 20.9. The number of fused-ring (bicyclic) bond motifs is 2. The van der Waals surface area contributed by atoms with Gasteiger partial charge in [-0.1, -0.05) is 91.0 Å². The highest BCUT2D eigenvalue weighted by atomic mass is 16.8. The van der Waals surface area contributed by atoms with E-state index in [2.05, 4.69) is 0 Å². The van der Waals surface area contributed by atoms with Gasteiger partial charge in [-0.25, -0.2) is 5.21 Å². The molecule has 3 aliphatic rings. The molecule has 1 heterocycles. The maximum Gasteiger partial charge on any atom is 0.204 e. The van der Waals surface area contributed by atoms with E-state index in [9.17, 15) is 29.6 Å². The van der Waals surface area contributed by atoms with Gasteiger partial charge in [-0.05, 0) is 11.1 Å². The second-order valence-corrected chi connectivity index (χ2v) is 10.3. The standard InChI is InChI=1S/C32H21NO7/c34-26-21-13-4-5-14-22(21)27(35)31(26)25(19-11-8-12-20(17-19)33(38)39)32(40-30(31)18-9-2-1-3-10-18)28(36)23-15-6-7-16-24(23)29(32)37/h1-17,25,30,33,38H/t25-,30+/m0/s1. The number of carbonyl (C=O) groups excluding carboxylic acids is 4. The number of carbonyl (C=O) groups is 4. The van der Waals surface area contributed by atoms with Gasteiger partial charge in [0.25, 0.3) is 0 Å². The predicted octanol–water partition coefficient (Wildman–Crippen LogP) is 3.83. The Kier molecular flexibility index (Phi) is 5.16. The zero-order valence-electron chi connectivity index (χ0n) is 20.9. The lowest BCUT2D eigenvalue weighted by Gasteiger charge is -2.34. The van der Waals surface area contributed by atoms with E-state index in [0.717, 1.165) is 0 Å². The maximum absolute atomic E-state index is 14.6. The number of rotatable bonds is 3. The third-order valence-electron chi connectivity index (χ3n) is 8.41. The van der Waals surface area contributed by atoms with E-state index in [4.69, 9.17) is 4.74 Å². The van der Waals surface area contributed by atoms with Crippen molar-refractivity contribution in [1.29, 1.82) is 0 Å². The molecule has 1 saturated heterocycles. The number of hydrogen-bond donors (Lipinski definition) is 2. The summed E-state index contributed by atoms with van der Waals surface area (Å²) in [6.07, 6.45) is -1.30. The molecule has 1 fully saturated rings. The van der Waals surface area contributed by atoms with Crippen molar-refractivity contribution in [2.45, 2.75) is 17.6 Å². The fourth-order valence-corrected chi connectivity index (χ4v) is 6.81. The molecule has 1 aliphatic heterocycles. The first kappa shape index (κ1) is 24.4. The lowest BCUT2D eigenvalue weighted by Crippen LogP contribution is -2.99. The summed E-state index contributed by atoms with van der Waals surface area (Å²) in [6.45, 7) is 0. The van der Waals surface area contributed by atoms with E-state index in [1.165, 1.54) is 30.3 Å². The van der Waals surface area contributed by atoms with E-state index >= 15 is 0 Å². The number of ketones is 4. The van der Waals surface area contributed by atoms with Crippen LogP contribution in [0.4, 0.5) is 5.69 Å². The van der Waals surface area contributed by atoms with Gasteiger partial charge in [0.15, 0.2) is 17.3 Å². The van der Waals surface area contributed by atoms with E-state index in [1.54, 1.807) is 72.8 Å². The smallest absolute Gasteiger partial charge is 0.204 e. The van der Waals surface area contributed by atoms with Crippen LogP contribution in [0.1, 0.15) is 64.6 Å². The molecular formula is C32H21NO7. The van der Waals surface area contributed by atoms with Crippen molar-refractivity contribution in [1.82, 2.24) is 0 Å². The minimum absolute atomic E-state index is 0.114. The normalized spacial score (nSPS) is 22.6. The van der Waals surface area contributed by atoms with Gasteiger partial charge in [0.1, 0.15) is 11.5 Å². The fraction of sp³-hybridized carbons (Fsp3) is 0.125. The monoisotopic (exact) mass is 531 g/mol. The third kappa shape index (κ3) is 2.88. The molecule has 7 rings (SSSR count). The summed E-state index contributed by atoms with van der Waals surface area (Å²) in [6, 6.07) is 27.0. The summed E-state index contributed by atoms with van der Waals surface area (Å²) < 4.78 is 6.59. The molecule has 1 unspecified atom stereocenters. The van der Waals surface area contributed by atoms with E-state index in [-0.39, 0.29) is 33.5 Å². The van der Waals surface area contributed by atoms with Crippen molar-refractivity contribution in [3.63, 3.8) is 0 Å². The van der Waals surface area contributed by atoms with Gasteiger partial charge < -0.3 is 9.94 Å². The molecule has 2 spiro atoms. The molecule has 0 amide bonds. The van der Waals surface area contributed by atoms with Crippen LogP contribution in [0.15, 0.2) is 103 Å². The number of ether oxygens (including phenoxy) is 1. The minimum atomic E-state index is -2.27. The molecule has 4 aromatic carbocycles. The molecule has 2 aliphatic carbocycles. The number of hydrogen-bond acceptors (Lipinski definition) is 7. The van der Waals surface area contributed by atoms with Gasteiger partial charge in [-0.2, -0.15) is 5.23 Å². The van der Waals surface area contributed by atoms with Gasteiger partial charge >= 0.3 is 0 Å². The molecular weight excluding hydrogens is 510 g/mol. The Hall–Kier alpha value is -4.60. The average Bonchev–Trinajstić information content (AvgIpc) is 3.52. The van der Waals surface area contributed by atoms with Crippen molar-refractivity contribution in [3.05, 3.63) is 142 Å². The van der Waals surface area contributed by atoms with Crippen LogP contribution in [0.5, 0.6) is 0 Å². The summed E-state index contributed by atoms with van der Waals surface area (Å²) in [7, 11) is 0. The summed E-state index contributed by atoms with van der Waals surface area (Å²) in [4.78, 5) is 57.9. The highest BCUT2D eigenvalue weighted by Crippen LogP contribution is 2.67. The van der Waals surface area contributed by atoms with Crippen LogP contribution < -0.4 is 5.23 Å². The van der Waals surface area contributed by atoms with E-state index in [1.807, 2.05) is 0 Å². The van der Waals surface area contributed by atoms with Gasteiger partial charge in [-0.3, -0.25) is 19.2 Å². The highest BCUT2D eigenvalue weighted by Gasteiger charge is 2.79. The Balaban J connectivity index is 1.60. The number of Topliss-reactive ketones (excluding diaryl/α,β-unsaturated/α-hetero) is 4. The molecule has 4 aromatic rings. The van der Waals surface area contributed by atoms with E-state index < -0.39 is 51.4 Å². The van der Waals surface area contributed by atoms with Crippen molar-refractivity contribution >= 4 is 28.8 Å². The van der Waals surface area contributed by atoms with Gasteiger partial charge in [0, 0.05) is 34.4 Å². The van der Waals surface area contributed by atoms with Gasteiger partial charge in [0.05, 0.1) is 5.92 Å². The van der Waals surface area contributed by atoms with Crippen molar-refractivity contribution in [2.24, 2.45) is 5.41 Å². The van der Waals surface area contributed by atoms with Crippen LogP contribution in [-0.2, 0) is 4.74 Å². The van der Waals surface area contributed by atoms with Crippen molar-refractivity contribution in [2.75, 3.05) is 0 Å². The number of quaternary nitrogens is 1. The Morgan fingerprint density at radius 2 is 1.10 bits per heavy atom. The van der Waals surface area contributed by atoms with Crippen LogP contribution in [0.2, 0.25) is 0 Å². The Morgan fingerprint density at radius 3 is 1.62 bits per heavy atom. The number of benzene rings is 4. The topological polar surface area (TPSA) is 125 Å². The fourth-order valence-electron chi connectivity index (χ4n) is 6.81. The lowest BCUT2D eigenvalue weighted by atomic mass is 9.60. The average molecular weight is 532 g/mol. The summed E-state index contributed by atoms with van der Waals surface area (Å²) >= 11 is 0. The van der Waals surface area contributed by atoms with Crippen LogP contribution >= 0.6 is 0 Å². The van der Waals surface area contributed by atoms with Gasteiger partial charge in [0.2, 0.25) is 17.2 Å². The summed E-state index contributed by atoms with van der Waals surface area (Å²) in [5.74, 6) is -3.90. The van der Waals surface area contributed by atoms with Crippen LogP contribution in [0.25, 0.3) is 0 Å². The quantitative estimate of drug-likeness (QED) is 0.304. The summed E-state index contributed by atoms with van der Waals surface area (Å²) in [5, 5.41) is 20.6. The molecule has 3 atom stereocenters. The predicted molar refractivity (Wildman–Crippen MR) is 141 cm³/mol. The van der Waals surface area contributed by atoms with Crippen LogP contribution in [0, 0.1) is 10.6 Å². The van der Waals surface area contributed by atoms with E-state index in [0.29, 0.717) is 5.56 Å². The minimum Gasteiger partial charge on any atom is -0.595 e. The Bertz CT molecular complexity index is 1690. The SMILES string of the molecule is O=C1c2ccccc2C(=O)C12O[C@H](c1ccccc1)C1(C(=O)c3ccccc3C1=O)[C@@H]2c1cccc([NH+]([O-])O)c1. The third-order valence-corrected chi connectivity index (χ3v) is 8.41. The molecule has 0 bridgehead atoms. The molecule has 40 heavy (non-hydrogen) atoms. The van der Waals surface area contributed by atoms with Crippen molar-refractivity contribution < 1.29 is 34.3 Å². The molecule has 196 valence electrons. The van der Waals surface area contributed by atoms with Crippen molar-refractivity contribution in [3.8, 4) is 0 Å². The van der Waals surface area contributed by atoms with Crippen LogP contribution in [0.3, 0.4) is 0 Å². The second kappa shape index (κ2) is 8.45. The van der Waals surface area contributed by atoms with Gasteiger partial charge in [-0.15, -0.1) is 0 Å². The first-order valence-corrected chi connectivity index (χ1v) is 12.8. The molecule has 0 radical (unpaired) electrons. The number of nitrogens with one attached hydrogen (secondary N) is 1. The summed E-state index contributed by atoms with van der Waals surface area (Å²) in [5.41, 5.74) is -3.20. The molecule has 8 heteroatoms. The first-order valence-electron chi connectivity index (χ1n) is 12.8. The second-order valence-electron chi connectivity index (χ2n) is 10.3. The molecule has 0 aromatic heterocycles. The zero-order chi connectivity index (χ0) is 27.8. The highest BCUT2D eigenvalue weighted by molar-refractivity contribution is 6.37. The largest absolute Gasteiger partial charge is 0.595 e. The first-order chi connectivity index (χ1) is 19.3.